The molecule has 0 radical (unpaired) electrons. The van der Waals surface area contributed by atoms with Gasteiger partial charge < -0.3 is 10.2 Å². The third-order valence-corrected chi connectivity index (χ3v) is 6.02. The van der Waals surface area contributed by atoms with Crippen LogP contribution in [-0.2, 0) is 0 Å². The van der Waals surface area contributed by atoms with Crippen LogP contribution in [-0.4, -0.2) is 39.1 Å². The lowest BCUT2D eigenvalue weighted by molar-refractivity contribution is 0.0608. The Hall–Kier alpha value is -3.28. The molecule has 1 N–H and O–H groups in total. The van der Waals surface area contributed by atoms with Gasteiger partial charge in [-0.15, -0.1) is 0 Å². The standard InChI is InChI=1S/C25H28N4O2/c1-4-20-7-5-6-14-29(20)25(31)22-15-26-24-21(13-8-16(2)27-24)23(22)28-19-11-9-18(10-12-19)17(3)30/h8-13,15,20H,4-7,14H2,1-3H3,(H,26,27,28)/t20-/m1/s1. The molecule has 4 rings (SSSR count). The lowest BCUT2D eigenvalue weighted by Crippen LogP contribution is -2.43. The summed E-state index contributed by atoms with van der Waals surface area (Å²) in [6.45, 7) is 6.38. The quantitative estimate of drug-likeness (QED) is 0.572. The van der Waals surface area contributed by atoms with E-state index in [1.54, 1.807) is 25.3 Å². The molecule has 160 valence electrons. The molecule has 1 aliphatic rings. The van der Waals surface area contributed by atoms with Gasteiger partial charge in [0.1, 0.15) is 0 Å². The highest BCUT2D eigenvalue weighted by Crippen LogP contribution is 2.31. The van der Waals surface area contributed by atoms with Crippen molar-refractivity contribution < 1.29 is 9.59 Å². The number of nitrogens with one attached hydrogen (secondary N) is 1. The fraction of sp³-hybridized carbons (Fsp3) is 0.360. The van der Waals surface area contributed by atoms with E-state index < -0.39 is 0 Å². The van der Waals surface area contributed by atoms with Crippen LogP contribution in [0.15, 0.2) is 42.6 Å². The highest BCUT2D eigenvalue weighted by atomic mass is 16.2. The highest BCUT2D eigenvalue weighted by Gasteiger charge is 2.28. The first-order valence-electron chi connectivity index (χ1n) is 10.9. The zero-order valence-corrected chi connectivity index (χ0v) is 18.3. The Kier molecular flexibility index (Phi) is 5.98. The zero-order chi connectivity index (χ0) is 22.0. The minimum atomic E-state index is 0.00406. The predicted octanol–water partition coefficient (Wildman–Crippen LogP) is 5.29. The first-order chi connectivity index (χ1) is 15.0. The average Bonchev–Trinajstić information content (AvgIpc) is 2.79. The zero-order valence-electron chi connectivity index (χ0n) is 18.3. The van der Waals surface area contributed by atoms with Gasteiger partial charge in [0.15, 0.2) is 11.4 Å². The summed E-state index contributed by atoms with van der Waals surface area (Å²) in [5.74, 6) is 0.0246. The molecular weight excluding hydrogens is 388 g/mol. The molecular formula is C25H28N4O2. The Bertz CT molecular complexity index is 1120. The van der Waals surface area contributed by atoms with Crippen LogP contribution in [0.3, 0.4) is 0 Å². The number of fused-ring (bicyclic) bond motifs is 1. The van der Waals surface area contributed by atoms with E-state index in [1.807, 2.05) is 36.1 Å². The Morgan fingerprint density at radius 2 is 1.90 bits per heavy atom. The average molecular weight is 417 g/mol. The third-order valence-electron chi connectivity index (χ3n) is 6.02. The van der Waals surface area contributed by atoms with E-state index in [4.69, 9.17) is 0 Å². The number of aryl methyl sites for hydroxylation is 1. The van der Waals surface area contributed by atoms with Crippen LogP contribution >= 0.6 is 0 Å². The van der Waals surface area contributed by atoms with Crippen LogP contribution in [0.2, 0.25) is 0 Å². The number of Topliss-reactive ketones (excluding diaryl/α,β-unsaturated/α-hetero) is 1. The van der Waals surface area contributed by atoms with E-state index in [-0.39, 0.29) is 17.7 Å². The molecule has 0 saturated carbocycles. The van der Waals surface area contributed by atoms with Crippen LogP contribution in [0.1, 0.15) is 65.9 Å². The number of carbonyl (C=O) groups is 2. The number of rotatable bonds is 5. The molecule has 3 heterocycles. The summed E-state index contributed by atoms with van der Waals surface area (Å²) in [5.41, 5.74) is 4.19. The van der Waals surface area contributed by atoms with Crippen LogP contribution < -0.4 is 5.32 Å². The van der Waals surface area contributed by atoms with Crippen molar-refractivity contribution >= 4 is 34.1 Å². The number of hydrogen-bond acceptors (Lipinski definition) is 5. The van der Waals surface area contributed by atoms with E-state index in [0.29, 0.717) is 22.5 Å². The second-order valence-electron chi connectivity index (χ2n) is 8.19. The minimum absolute atomic E-state index is 0.00406. The fourth-order valence-corrected chi connectivity index (χ4v) is 4.25. The number of ketones is 1. The molecule has 6 nitrogen and oxygen atoms in total. The van der Waals surface area contributed by atoms with Crippen LogP contribution in [0.5, 0.6) is 0 Å². The van der Waals surface area contributed by atoms with Crippen molar-refractivity contribution in [2.45, 2.75) is 52.5 Å². The first-order valence-corrected chi connectivity index (χ1v) is 10.9. The van der Waals surface area contributed by atoms with Crippen LogP contribution in [0.25, 0.3) is 11.0 Å². The number of piperidine rings is 1. The molecule has 1 amide bonds. The smallest absolute Gasteiger partial charge is 0.257 e. The molecule has 1 saturated heterocycles. The number of anilines is 2. The van der Waals surface area contributed by atoms with Gasteiger partial charge in [0, 0.05) is 41.1 Å². The number of amides is 1. The van der Waals surface area contributed by atoms with Crippen molar-refractivity contribution in [3.63, 3.8) is 0 Å². The second kappa shape index (κ2) is 8.84. The van der Waals surface area contributed by atoms with E-state index in [1.165, 1.54) is 0 Å². The summed E-state index contributed by atoms with van der Waals surface area (Å²) in [7, 11) is 0. The van der Waals surface area contributed by atoms with E-state index in [2.05, 4.69) is 22.2 Å². The van der Waals surface area contributed by atoms with Gasteiger partial charge in [-0.25, -0.2) is 9.97 Å². The number of hydrogen-bond donors (Lipinski definition) is 1. The molecule has 6 heteroatoms. The van der Waals surface area contributed by atoms with Crippen molar-refractivity contribution in [1.82, 2.24) is 14.9 Å². The first kappa shape index (κ1) is 21.0. The molecule has 0 spiro atoms. The third kappa shape index (κ3) is 4.29. The molecule has 0 aliphatic carbocycles. The summed E-state index contributed by atoms with van der Waals surface area (Å²) >= 11 is 0. The van der Waals surface area contributed by atoms with Gasteiger partial charge in [-0.2, -0.15) is 0 Å². The Morgan fingerprint density at radius 3 is 2.61 bits per heavy atom. The highest BCUT2D eigenvalue weighted by molar-refractivity contribution is 6.07. The van der Waals surface area contributed by atoms with Crippen molar-refractivity contribution in [2.75, 3.05) is 11.9 Å². The Labute approximate surface area is 182 Å². The normalized spacial score (nSPS) is 16.4. The molecule has 0 unspecified atom stereocenters. The SMILES string of the molecule is CC[C@@H]1CCCCN1C(=O)c1cnc2nc(C)ccc2c1Nc1ccc(C(C)=O)cc1. The van der Waals surface area contributed by atoms with Crippen LogP contribution in [0, 0.1) is 6.92 Å². The van der Waals surface area contributed by atoms with Crippen molar-refractivity contribution in [2.24, 2.45) is 0 Å². The molecule has 1 fully saturated rings. The second-order valence-corrected chi connectivity index (χ2v) is 8.19. The maximum Gasteiger partial charge on any atom is 0.257 e. The maximum atomic E-state index is 13.6. The lowest BCUT2D eigenvalue weighted by atomic mass is 9.98. The number of nitrogens with zero attached hydrogens (tertiary/aromatic N) is 3. The summed E-state index contributed by atoms with van der Waals surface area (Å²) in [6.07, 6.45) is 5.82. The van der Waals surface area contributed by atoms with Gasteiger partial charge in [0.2, 0.25) is 0 Å². The summed E-state index contributed by atoms with van der Waals surface area (Å²) in [6, 6.07) is 11.4. The lowest BCUT2D eigenvalue weighted by Gasteiger charge is -2.35. The van der Waals surface area contributed by atoms with Gasteiger partial charge in [-0.1, -0.05) is 6.92 Å². The summed E-state index contributed by atoms with van der Waals surface area (Å²) in [4.78, 5) is 36.3. The number of likely N-dealkylation sites (tertiary alicyclic amines) is 1. The molecule has 1 atom stereocenters. The van der Waals surface area contributed by atoms with Crippen molar-refractivity contribution in [3.05, 3.63) is 59.4 Å². The summed E-state index contributed by atoms with van der Waals surface area (Å²) in [5, 5.41) is 4.22. The Morgan fingerprint density at radius 1 is 1.13 bits per heavy atom. The minimum Gasteiger partial charge on any atom is -0.354 e. The molecule has 1 aliphatic heterocycles. The Balaban J connectivity index is 1.78. The molecule has 2 aromatic heterocycles. The van der Waals surface area contributed by atoms with E-state index in [0.717, 1.165) is 49.0 Å². The van der Waals surface area contributed by atoms with Crippen molar-refractivity contribution in [3.8, 4) is 0 Å². The van der Waals surface area contributed by atoms with Gasteiger partial charge >= 0.3 is 0 Å². The maximum absolute atomic E-state index is 13.6. The number of aromatic nitrogens is 2. The monoisotopic (exact) mass is 416 g/mol. The van der Waals surface area contributed by atoms with Crippen LogP contribution in [0.4, 0.5) is 11.4 Å². The molecule has 31 heavy (non-hydrogen) atoms. The topological polar surface area (TPSA) is 75.2 Å². The summed E-state index contributed by atoms with van der Waals surface area (Å²) < 4.78 is 0. The van der Waals surface area contributed by atoms with E-state index in [9.17, 15) is 9.59 Å². The van der Waals surface area contributed by atoms with Gasteiger partial charge in [-0.05, 0) is 75.9 Å². The van der Waals surface area contributed by atoms with Crippen molar-refractivity contribution in [1.29, 1.82) is 0 Å². The molecule has 0 bridgehead atoms. The predicted molar refractivity (Wildman–Crippen MR) is 123 cm³/mol. The van der Waals surface area contributed by atoms with Gasteiger partial charge in [-0.3, -0.25) is 9.59 Å². The fourth-order valence-electron chi connectivity index (χ4n) is 4.25. The number of pyridine rings is 2. The molecule has 3 aromatic rings. The number of benzene rings is 1. The van der Waals surface area contributed by atoms with Gasteiger partial charge in [0.25, 0.3) is 5.91 Å². The number of carbonyl (C=O) groups excluding carboxylic acids is 2. The largest absolute Gasteiger partial charge is 0.354 e. The van der Waals surface area contributed by atoms with Gasteiger partial charge in [0.05, 0.1) is 11.3 Å². The van der Waals surface area contributed by atoms with E-state index >= 15 is 0 Å². The molecule has 1 aromatic carbocycles.